The van der Waals surface area contributed by atoms with Crippen LogP contribution < -0.4 is 5.32 Å². The fraction of sp³-hybridized carbons (Fsp3) is 0.818. The summed E-state index contributed by atoms with van der Waals surface area (Å²) < 4.78 is 4.60. The minimum absolute atomic E-state index is 0.00503. The summed E-state index contributed by atoms with van der Waals surface area (Å²) in [7, 11) is 1.37. The predicted octanol–water partition coefficient (Wildman–Crippen LogP) is 1.44. The molecule has 0 bridgehead atoms. The zero-order valence-corrected chi connectivity index (χ0v) is 11.4. The van der Waals surface area contributed by atoms with E-state index < -0.39 is 0 Å². The van der Waals surface area contributed by atoms with Crippen molar-refractivity contribution in [3.05, 3.63) is 0 Å². The number of nitrogens with one attached hydrogen (secondary N) is 1. The van der Waals surface area contributed by atoms with E-state index in [2.05, 4.69) is 10.1 Å². The third-order valence-electron chi connectivity index (χ3n) is 1.72. The zero-order chi connectivity index (χ0) is 12.8. The first-order chi connectivity index (χ1) is 7.26. The lowest BCUT2D eigenvalue weighted by molar-refractivity contribution is -0.144. The van der Waals surface area contributed by atoms with E-state index in [9.17, 15) is 9.59 Å². The lowest BCUT2D eigenvalue weighted by atomic mass is 10.1. The van der Waals surface area contributed by atoms with Gasteiger partial charge in [0.15, 0.2) is 0 Å². The van der Waals surface area contributed by atoms with Gasteiger partial charge in [0.05, 0.1) is 18.8 Å². The Bertz CT molecular complexity index is 248. The molecule has 94 valence electrons. The highest BCUT2D eigenvalue weighted by atomic mass is 32.2. The molecule has 1 unspecified atom stereocenters. The topological polar surface area (TPSA) is 55.4 Å². The molecule has 0 aliphatic rings. The maximum atomic E-state index is 11.4. The number of ether oxygens (including phenoxy) is 1. The molecular weight excluding hydrogens is 226 g/mol. The van der Waals surface area contributed by atoms with E-state index in [-0.39, 0.29) is 23.3 Å². The van der Waals surface area contributed by atoms with Crippen LogP contribution in [0.3, 0.4) is 0 Å². The molecule has 0 heterocycles. The highest BCUT2D eigenvalue weighted by Gasteiger charge is 2.16. The third-order valence-corrected chi connectivity index (χ3v) is 2.92. The Balaban J connectivity index is 3.74. The van der Waals surface area contributed by atoms with Crippen LogP contribution in [0.1, 0.15) is 27.7 Å². The van der Waals surface area contributed by atoms with Gasteiger partial charge in [-0.05, 0) is 20.8 Å². The van der Waals surface area contributed by atoms with Crippen molar-refractivity contribution < 1.29 is 14.3 Å². The van der Waals surface area contributed by atoms with Crippen molar-refractivity contribution in [2.24, 2.45) is 5.92 Å². The standard InChI is InChI=1S/C11H21NO3S/c1-8(10(14)15-5)6-16-7-9(13)12-11(2,3)4/h8H,6-7H2,1-5H3,(H,12,13). The van der Waals surface area contributed by atoms with Gasteiger partial charge in [0.1, 0.15) is 0 Å². The summed E-state index contributed by atoms with van der Waals surface area (Å²) in [5.74, 6) is 0.568. The molecule has 0 saturated carbocycles. The first kappa shape index (κ1) is 15.3. The van der Waals surface area contributed by atoms with Crippen LogP contribution in [0.5, 0.6) is 0 Å². The zero-order valence-electron chi connectivity index (χ0n) is 10.6. The van der Waals surface area contributed by atoms with Gasteiger partial charge in [-0.25, -0.2) is 0 Å². The Labute approximate surface area is 101 Å². The van der Waals surface area contributed by atoms with E-state index in [0.717, 1.165) is 0 Å². The number of carbonyl (C=O) groups is 2. The lowest BCUT2D eigenvalue weighted by Crippen LogP contribution is -2.41. The SMILES string of the molecule is COC(=O)C(C)CSCC(=O)NC(C)(C)C. The quantitative estimate of drug-likeness (QED) is 0.747. The van der Waals surface area contributed by atoms with Gasteiger partial charge in [-0.1, -0.05) is 6.92 Å². The summed E-state index contributed by atoms with van der Waals surface area (Å²) in [5, 5.41) is 2.86. The van der Waals surface area contributed by atoms with Crippen LogP contribution in [0.2, 0.25) is 0 Å². The number of thioether (sulfide) groups is 1. The Hall–Kier alpha value is -0.710. The summed E-state index contributed by atoms with van der Waals surface area (Å²) in [6.07, 6.45) is 0. The van der Waals surface area contributed by atoms with Crippen LogP contribution in [0.25, 0.3) is 0 Å². The Morgan fingerprint density at radius 1 is 1.38 bits per heavy atom. The summed E-state index contributed by atoms with van der Waals surface area (Å²) in [6.45, 7) is 7.60. The molecular formula is C11H21NO3S. The largest absolute Gasteiger partial charge is 0.469 e. The van der Waals surface area contributed by atoms with Crippen molar-refractivity contribution in [3.63, 3.8) is 0 Å². The molecule has 0 spiro atoms. The molecule has 0 radical (unpaired) electrons. The highest BCUT2D eigenvalue weighted by molar-refractivity contribution is 7.99. The molecule has 0 aromatic heterocycles. The second kappa shape index (κ2) is 6.78. The number of carbonyl (C=O) groups excluding carboxylic acids is 2. The van der Waals surface area contributed by atoms with Crippen molar-refractivity contribution in [3.8, 4) is 0 Å². The predicted molar refractivity (Wildman–Crippen MR) is 66.4 cm³/mol. The van der Waals surface area contributed by atoms with Crippen molar-refractivity contribution in [2.45, 2.75) is 33.2 Å². The van der Waals surface area contributed by atoms with Crippen LogP contribution >= 0.6 is 11.8 Å². The molecule has 0 aromatic rings. The number of hydrogen-bond acceptors (Lipinski definition) is 4. The minimum atomic E-state index is -0.233. The highest BCUT2D eigenvalue weighted by Crippen LogP contribution is 2.10. The van der Waals surface area contributed by atoms with E-state index in [1.165, 1.54) is 18.9 Å². The van der Waals surface area contributed by atoms with E-state index in [1.54, 1.807) is 6.92 Å². The van der Waals surface area contributed by atoms with Gasteiger partial charge < -0.3 is 10.1 Å². The number of esters is 1. The van der Waals surface area contributed by atoms with Gasteiger partial charge >= 0.3 is 5.97 Å². The molecule has 0 aromatic carbocycles. The summed E-state index contributed by atoms with van der Waals surface area (Å²) in [4.78, 5) is 22.5. The molecule has 0 aliphatic heterocycles. The summed E-state index contributed by atoms with van der Waals surface area (Å²) in [6, 6.07) is 0. The number of rotatable bonds is 5. The first-order valence-electron chi connectivity index (χ1n) is 5.23. The summed E-state index contributed by atoms with van der Waals surface area (Å²) >= 11 is 1.44. The van der Waals surface area contributed by atoms with Crippen LogP contribution in [0, 0.1) is 5.92 Å². The second-order valence-corrected chi connectivity index (χ2v) is 5.77. The molecule has 4 nitrogen and oxygen atoms in total. The van der Waals surface area contributed by atoms with E-state index in [1.807, 2.05) is 20.8 Å². The first-order valence-corrected chi connectivity index (χ1v) is 6.38. The smallest absolute Gasteiger partial charge is 0.309 e. The van der Waals surface area contributed by atoms with Crippen LogP contribution in [-0.2, 0) is 14.3 Å². The van der Waals surface area contributed by atoms with Gasteiger partial charge in [-0.15, -0.1) is 0 Å². The van der Waals surface area contributed by atoms with Crippen LogP contribution in [-0.4, -0.2) is 36.0 Å². The van der Waals surface area contributed by atoms with Gasteiger partial charge in [-0.3, -0.25) is 9.59 Å². The number of methoxy groups -OCH3 is 1. The number of amides is 1. The van der Waals surface area contributed by atoms with E-state index in [0.29, 0.717) is 11.5 Å². The van der Waals surface area contributed by atoms with Crippen molar-refractivity contribution >= 4 is 23.6 Å². The van der Waals surface area contributed by atoms with Gasteiger partial charge in [0.2, 0.25) is 5.91 Å². The molecule has 16 heavy (non-hydrogen) atoms. The molecule has 1 N–H and O–H groups in total. The number of hydrogen-bond donors (Lipinski definition) is 1. The van der Waals surface area contributed by atoms with E-state index in [4.69, 9.17) is 0 Å². The second-order valence-electron chi connectivity index (χ2n) is 4.74. The molecule has 0 fully saturated rings. The maximum absolute atomic E-state index is 11.4. The van der Waals surface area contributed by atoms with Gasteiger partial charge in [-0.2, -0.15) is 11.8 Å². The normalized spacial score (nSPS) is 13.1. The Morgan fingerprint density at radius 2 is 1.94 bits per heavy atom. The molecule has 0 aliphatic carbocycles. The van der Waals surface area contributed by atoms with Crippen molar-refractivity contribution in [1.82, 2.24) is 5.32 Å². The van der Waals surface area contributed by atoms with E-state index >= 15 is 0 Å². The molecule has 1 atom stereocenters. The lowest BCUT2D eigenvalue weighted by Gasteiger charge is -2.20. The monoisotopic (exact) mass is 247 g/mol. The fourth-order valence-electron chi connectivity index (χ4n) is 1.05. The van der Waals surface area contributed by atoms with Crippen LogP contribution in [0.15, 0.2) is 0 Å². The molecule has 0 rings (SSSR count). The fourth-order valence-corrected chi connectivity index (χ4v) is 1.92. The Kier molecular flexibility index (Phi) is 6.48. The maximum Gasteiger partial charge on any atom is 0.309 e. The Morgan fingerprint density at radius 3 is 2.38 bits per heavy atom. The summed E-state index contributed by atoms with van der Waals surface area (Å²) in [5.41, 5.74) is -0.203. The van der Waals surface area contributed by atoms with Crippen molar-refractivity contribution in [1.29, 1.82) is 0 Å². The minimum Gasteiger partial charge on any atom is -0.469 e. The molecule has 1 amide bonds. The van der Waals surface area contributed by atoms with Crippen LogP contribution in [0.4, 0.5) is 0 Å². The van der Waals surface area contributed by atoms with Crippen molar-refractivity contribution in [2.75, 3.05) is 18.6 Å². The third kappa shape index (κ3) is 7.56. The average Bonchev–Trinajstić information content (AvgIpc) is 2.13. The molecule has 0 saturated heterocycles. The molecule has 5 heteroatoms. The van der Waals surface area contributed by atoms with Gasteiger partial charge in [0, 0.05) is 11.3 Å². The average molecular weight is 247 g/mol. The van der Waals surface area contributed by atoms with Gasteiger partial charge in [0.25, 0.3) is 0 Å².